The van der Waals surface area contributed by atoms with E-state index >= 15 is 0 Å². The normalized spacial score (nSPS) is 19.4. The maximum atomic E-state index is 11.9. The van der Waals surface area contributed by atoms with E-state index in [4.69, 9.17) is 10.8 Å². The fourth-order valence-electron chi connectivity index (χ4n) is 2.74. The molecule has 0 spiro atoms. The molecule has 1 saturated carbocycles. The van der Waals surface area contributed by atoms with Crippen molar-refractivity contribution in [3.63, 3.8) is 0 Å². The van der Waals surface area contributed by atoms with Crippen LogP contribution < -0.4 is 11.1 Å². The highest BCUT2D eigenvalue weighted by Crippen LogP contribution is 2.47. The molecule has 1 fully saturated rings. The molecule has 6 heteroatoms. The van der Waals surface area contributed by atoms with E-state index in [1.165, 1.54) is 6.42 Å². The number of rotatable bonds is 9. The van der Waals surface area contributed by atoms with E-state index in [1.807, 2.05) is 6.26 Å². The number of halogens is 1. The van der Waals surface area contributed by atoms with Crippen LogP contribution in [0.5, 0.6) is 0 Å². The minimum Gasteiger partial charge on any atom is -0.396 e. The zero-order chi connectivity index (χ0) is 14.3. The van der Waals surface area contributed by atoms with Crippen molar-refractivity contribution in [2.24, 2.45) is 17.1 Å². The van der Waals surface area contributed by atoms with Crippen molar-refractivity contribution in [3.05, 3.63) is 0 Å². The first-order valence-corrected chi connectivity index (χ1v) is 8.58. The van der Waals surface area contributed by atoms with Crippen molar-refractivity contribution in [3.8, 4) is 0 Å². The third-order valence-corrected chi connectivity index (χ3v) is 5.19. The van der Waals surface area contributed by atoms with Gasteiger partial charge in [-0.3, -0.25) is 4.79 Å². The lowest BCUT2D eigenvalue weighted by Crippen LogP contribution is -2.50. The molecule has 1 amide bonds. The summed E-state index contributed by atoms with van der Waals surface area (Å²) in [5, 5.41) is 12.1. The smallest absolute Gasteiger partial charge is 0.236 e. The number of aliphatic hydroxyl groups excluding tert-OH is 1. The molecule has 120 valence electrons. The van der Waals surface area contributed by atoms with Gasteiger partial charge in [-0.25, -0.2) is 0 Å². The van der Waals surface area contributed by atoms with Crippen molar-refractivity contribution in [1.29, 1.82) is 0 Å². The van der Waals surface area contributed by atoms with Gasteiger partial charge in [0.15, 0.2) is 0 Å². The van der Waals surface area contributed by atoms with Gasteiger partial charge in [-0.1, -0.05) is 13.3 Å². The first-order chi connectivity index (χ1) is 9.05. The highest BCUT2D eigenvalue weighted by molar-refractivity contribution is 7.98. The minimum atomic E-state index is -0.391. The van der Waals surface area contributed by atoms with Gasteiger partial charge in [0, 0.05) is 13.2 Å². The molecule has 0 heterocycles. The van der Waals surface area contributed by atoms with Crippen LogP contribution in [0.4, 0.5) is 0 Å². The Morgan fingerprint density at radius 1 is 1.45 bits per heavy atom. The van der Waals surface area contributed by atoms with Crippen LogP contribution in [0.15, 0.2) is 0 Å². The van der Waals surface area contributed by atoms with E-state index in [1.54, 1.807) is 11.8 Å². The summed E-state index contributed by atoms with van der Waals surface area (Å²) in [4.78, 5) is 11.9. The lowest BCUT2D eigenvalue weighted by molar-refractivity contribution is -0.123. The fourth-order valence-corrected chi connectivity index (χ4v) is 3.23. The average Bonchev–Trinajstić information content (AvgIpc) is 2.34. The number of nitrogens with one attached hydrogen (secondary N) is 1. The summed E-state index contributed by atoms with van der Waals surface area (Å²) in [5.41, 5.74) is 6.05. The highest BCUT2D eigenvalue weighted by atomic mass is 35.5. The van der Waals surface area contributed by atoms with Gasteiger partial charge in [-0.2, -0.15) is 11.8 Å². The van der Waals surface area contributed by atoms with Gasteiger partial charge in [-0.05, 0) is 49.0 Å². The molecule has 0 radical (unpaired) electrons. The van der Waals surface area contributed by atoms with E-state index in [2.05, 4.69) is 12.2 Å². The van der Waals surface area contributed by atoms with E-state index in [9.17, 15) is 4.79 Å². The Labute approximate surface area is 133 Å². The molecule has 4 nitrogen and oxygen atoms in total. The molecule has 2 atom stereocenters. The highest BCUT2D eigenvalue weighted by Gasteiger charge is 2.41. The molecule has 0 aromatic heterocycles. The number of nitrogens with two attached hydrogens (primary N) is 1. The first-order valence-electron chi connectivity index (χ1n) is 7.19. The summed E-state index contributed by atoms with van der Waals surface area (Å²) < 4.78 is 0. The molecule has 0 bridgehead atoms. The monoisotopic (exact) mass is 324 g/mol. The molecular formula is C14H29ClN2O2S. The van der Waals surface area contributed by atoms with Gasteiger partial charge in [0.25, 0.3) is 0 Å². The molecule has 1 rings (SSSR count). The van der Waals surface area contributed by atoms with Crippen LogP contribution in [0.2, 0.25) is 0 Å². The van der Waals surface area contributed by atoms with Gasteiger partial charge in [-0.15, -0.1) is 12.4 Å². The molecule has 1 aliphatic carbocycles. The van der Waals surface area contributed by atoms with E-state index < -0.39 is 6.04 Å². The van der Waals surface area contributed by atoms with Crippen molar-refractivity contribution in [2.45, 2.75) is 45.1 Å². The predicted octanol–water partition coefficient (Wildman–Crippen LogP) is 1.79. The largest absolute Gasteiger partial charge is 0.396 e. The second-order valence-corrected chi connectivity index (χ2v) is 6.72. The molecule has 20 heavy (non-hydrogen) atoms. The van der Waals surface area contributed by atoms with Crippen LogP contribution >= 0.6 is 24.2 Å². The van der Waals surface area contributed by atoms with E-state index in [0.717, 1.165) is 31.4 Å². The zero-order valence-electron chi connectivity index (χ0n) is 12.6. The molecule has 2 unspecified atom stereocenters. The Kier molecular flexibility index (Phi) is 9.89. The third kappa shape index (κ3) is 5.43. The molecule has 1 aliphatic rings. The van der Waals surface area contributed by atoms with Gasteiger partial charge in [0.1, 0.15) is 0 Å². The number of aliphatic hydroxyl groups is 1. The van der Waals surface area contributed by atoms with E-state index in [-0.39, 0.29) is 30.3 Å². The maximum Gasteiger partial charge on any atom is 0.236 e. The second-order valence-electron chi connectivity index (χ2n) is 5.74. The minimum absolute atomic E-state index is 0. The van der Waals surface area contributed by atoms with Crippen LogP contribution in [0.25, 0.3) is 0 Å². The Balaban J connectivity index is 0.00000361. The summed E-state index contributed by atoms with van der Waals surface area (Å²) in [6, 6.07) is -0.391. The van der Waals surface area contributed by atoms with Crippen molar-refractivity contribution in [1.82, 2.24) is 5.32 Å². The standard InChI is InChI=1S/C14H28N2O2S.ClH/c1-11(4-8-17)14(6-3-7-14)10-16-13(18)12(15)5-9-19-2;/h11-12,17H,3-10,15H2,1-2H3,(H,16,18);1H. The summed E-state index contributed by atoms with van der Waals surface area (Å²) in [5.74, 6) is 1.34. The number of hydrogen-bond acceptors (Lipinski definition) is 4. The lowest BCUT2D eigenvalue weighted by atomic mass is 9.60. The molecule has 4 N–H and O–H groups in total. The van der Waals surface area contributed by atoms with Crippen LogP contribution in [0.1, 0.15) is 39.0 Å². The number of carbonyl (C=O) groups excluding carboxylic acids is 1. The van der Waals surface area contributed by atoms with Gasteiger partial charge < -0.3 is 16.2 Å². The quantitative estimate of drug-likeness (QED) is 0.604. The van der Waals surface area contributed by atoms with Crippen LogP contribution in [0.3, 0.4) is 0 Å². The van der Waals surface area contributed by atoms with Gasteiger partial charge in [0.2, 0.25) is 5.91 Å². The molecule has 0 aromatic rings. The summed E-state index contributed by atoms with van der Waals surface area (Å²) >= 11 is 1.71. The number of hydrogen-bond donors (Lipinski definition) is 3. The van der Waals surface area contributed by atoms with Crippen LogP contribution in [-0.2, 0) is 4.79 Å². The van der Waals surface area contributed by atoms with E-state index in [0.29, 0.717) is 12.5 Å². The summed E-state index contributed by atoms with van der Waals surface area (Å²) in [6.45, 7) is 3.11. The number of amides is 1. The van der Waals surface area contributed by atoms with Gasteiger partial charge in [0.05, 0.1) is 6.04 Å². The first kappa shape index (κ1) is 20.0. The molecular weight excluding hydrogens is 296 g/mol. The Morgan fingerprint density at radius 3 is 2.55 bits per heavy atom. The van der Waals surface area contributed by atoms with Crippen molar-refractivity contribution < 1.29 is 9.90 Å². The maximum absolute atomic E-state index is 11.9. The summed E-state index contributed by atoms with van der Waals surface area (Å²) in [6.07, 6.45) is 7.08. The Morgan fingerprint density at radius 2 is 2.10 bits per heavy atom. The Hall–Kier alpha value is 0.0300. The molecule has 0 aliphatic heterocycles. The van der Waals surface area contributed by atoms with Crippen molar-refractivity contribution >= 4 is 30.1 Å². The molecule has 0 aromatic carbocycles. The summed E-state index contributed by atoms with van der Waals surface area (Å²) in [7, 11) is 0. The SMILES string of the molecule is CSCCC(N)C(=O)NCC1(C(C)CCO)CCC1.Cl. The molecule has 0 saturated heterocycles. The third-order valence-electron chi connectivity index (χ3n) is 4.54. The predicted molar refractivity (Wildman–Crippen MR) is 88.4 cm³/mol. The number of carbonyl (C=O) groups is 1. The topological polar surface area (TPSA) is 75.4 Å². The zero-order valence-corrected chi connectivity index (χ0v) is 14.2. The van der Waals surface area contributed by atoms with Crippen molar-refractivity contribution in [2.75, 3.05) is 25.2 Å². The average molecular weight is 325 g/mol. The van der Waals surface area contributed by atoms with Crippen LogP contribution in [-0.4, -0.2) is 42.2 Å². The fraction of sp³-hybridized carbons (Fsp3) is 0.929. The number of thioether (sulfide) groups is 1. The second kappa shape index (κ2) is 9.87. The van der Waals surface area contributed by atoms with Crippen LogP contribution in [0, 0.1) is 11.3 Å². The Bertz CT molecular complexity index is 288. The lowest BCUT2D eigenvalue weighted by Gasteiger charge is -2.47. The van der Waals surface area contributed by atoms with Gasteiger partial charge >= 0.3 is 0 Å².